The number of rotatable bonds is 2. The largest absolute Gasteiger partial charge is 0.328 e. The van der Waals surface area contributed by atoms with Crippen LogP contribution in [0.3, 0.4) is 0 Å². The van der Waals surface area contributed by atoms with Gasteiger partial charge in [0.05, 0.1) is 5.69 Å². The molecule has 0 aromatic carbocycles. The molecular weight excluding hydrogens is 246 g/mol. The van der Waals surface area contributed by atoms with Gasteiger partial charge in [0.15, 0.2) is 0 Å². The van der Waals surface area contributed by atoms with E-state index in [-0.39, 0.29) is 0 Å². The third kappa shape index (κ3) is 2.20. The van der Waals surface area contributed by atoms with E-state index in [9.17, 15) is 0 Å². The van der Waals surface area contributed by atoms with Crippen LogP contribution in [0.4, 0.5) is 0 Å². The van der Waals surface area contributed by atoms with Crippen LogP contribution >= 0.6 is 0 Å². The molecule has 110 valence electrons. The minimum atomic E-state index is 0.554. The van der Waals surface area contributed by atoms with Crippen LogP contribution in [0.25, 0.3) is 0 Å². The molecular formula is C17H27N3. The van der Waals surface area contributed by atoms with Crippen molar-refractivity contribution >= 4 is 0 Å². The molecule has 0 atom stereocenters. The highest BCUT2D eigenvalue weighted by atomic mass is 15.2. The van der Waals surface area contributed by atoms with Gasteiger partial charge in [-0.05, 0) is 43.9 Å². The zero-order valence-electron chi connectivity index (χ0n) is 12.9. The fraction of sp³-hybridized carbons (Fsp3) is 0.824. The lowest BCUT2D eigenvalue weighted by atomic mass is 9.75. The summed E-state index contributed by atoms with van der Waals surface area (Å²) in [5, 5.41) is 3.48. The Hall–Kier alpha value is -0.830. The SMILES string of the molecule is CC1(C)CCC(n2c(C3CC3)nc3c2CCNC3)CC1. The molecule has 0 bridgehead atoms. The highest BCUT2D eigenvalue weighted by molar-refractivity contribution is 5.25. The van der Waals surface area contributed by atoms with E-state index in [1.807, 2.05) is 0 Å². The average Bonchev–Trinajstić information content (AvgIpc) is 3.20. The van der Waals surface area contributed by atoms with Crippen LogP contribution in [0.2, 0.25) is 0 Å². The lowest BCUT2D eigenvalue weighted by Gasteiger charge is -2.36. The maximum absolute atomic E-state index is 5.02. The zero-order valence-corrected chi connectivity index (χ0v) is 12.9. The van der Waals surface area contributed by atoms with Gasteiger partial charge in [-0.1, -0.05) is 13.8 Å². The first-order chi connectivity index (χ1) is 9.64. The minimum absolute atomic E-state index is 0.554. The first kappa shape index (κ1) is 12.9. The average molecular weight is 273 g/mol. The molecule has 3 nitrogen and oxygen atoms in total. The maximum atomic E-state index is 5.02. The number of aromatic nitrogens is 2. The van der Waals surface area contributed by atoms with Crippen molar-refractivity contribution in [3.8, 4) is 0 Å². The van der Waals surface area contributed by atoms with Crippen molar-refractivity contribution in [3.05, 3.63) is 17.2 Å². The van der Waals surface area contributed by atoms with E-state index in [4.69, 9.17) is 4.98 Å². The van der Waals surface area contributed by atoms with Gasteiger partial charge in [0.2, 0.25) is 0 Å². The zero-order chi connectivity index (χ0) is 13.7. The quantitative estimate of drug-likeness (QED) is 0.893. The minimum Gasteiger partial charge on any atom is -0.328 e. The molecule has 1 aromatic rings. The second-order valence-corrected chi connectivity index (χ2v) is 7.83. The van der Waals surface area contributed by atoms with E-state index in [1.165, 1.54) is 56.5 Å². The predicted molar refractivity (Wildman–Crippen MR) is 80.9 cm³/mol. The highest BCUT2D eigenvalue weighted by Gasteiger charge is 2.36. The first-order valence-electron chi connectivity index (χ1n) is 8.45. The fourth-order valence-electron chi connectivity index (χ4n) is 4.03. The highest BCUT2D eigenvalue weighted by Crippen LogP contribution is 2.46. The summed E-state index contributed by atoms with van der Waals surface area (Å²) >= 11 is 0. The summed E-state index contributed by atoms with van der Waals surface area (Å²) in [7, 11) is 0. The molecule has 0 radical (unpaired) electrons. The van der Waals surface area contributed by atoms with Crippen LogP contribution in [0.1, 0.15) is 81.5 Å². The number of imidazole rings is 1. The summed E-state index contributed by atoms with van der Waals surface area (Å²) in [5.74, 6) is 2.21. The van der Waals surface area contributed by atoms with Crippen LogP contribution in [-0.4, -0.2) is 16.1 Å². The number of nitrogens with zero attached hydrogens (tertiary/aromatic N) is 2. The second-order valence-electron chi connectivity index (χ2n) is 7.83. The summed E-state index contributed by atoms with van der Waals surface area (Å²) in [6, 6.07) is 0.730. The standard InChI is InChI=1S/C17H27N3/c1-17(2)8-5-13(6-9-17)20-15-7-10-18-11-14(15)19-16(20)12-3-4-12/h12-13,18H,3-11H2,1-2H3. The summed E-state index contributed by atoms with van der Waals surface area (Å²) in [6.45, 7) is 6.97. The number of hydrogen-bond donors (Lipinski definition) is 1. The lowest BCUT2D eigenvalue weighted by molar-refractivity contribution is 0.189. The molecule has 4 rings (SSSR count). The molecule has 0 saturated heterocycles. The van der Waals surface area contributed by atoms with Crippen molar-refractivity contribution in [3.63, 3.8) is 0 Å². The molecule has 1 aromatic heterocycles. The van der Waals surface area contributed by atoms with Crippen LogP contribution in [-0.2, 0) is 13.0 Å². The predicted octanol–water partition coefficient (Wildman–Crippen LogP) is 3.55. The van der Waals surface area contributed by atoms with Crippen LogP contribution < -0.4 is 5.32 Å². The van der Waals surface area contributed by atoms with Crippen molar-refractivity contribution in [1.82, 2.24) is 14.9 Å². The molecule has 2 saturated carbocycles. The van der Waals surface area contributed by atoms with Gasteiger partial charge in [0, 0.05) is 37.2 Å². The van der Waals surface area contributed by atoms with E-state index >= 15 is 0 Å². The number of hydrogen-bond acceptors (Lipinski definition) is 2. The topological polar surface area (TPSA) is 29.9 Å². The van der Waals surface area contributed by atoms with Crippen molar-refractivity contribution < 1.29 is 0 Å². The van der Waals surface area contributed by atoms with Crippen LogP contribution in [0.5, 0.6) is 0 Å². The molecule has 2 heterocycles. The van der Waals surface area contributed by atoms with E-state index in [1.54, 1.807) is 5.69 Å². The Labute approximate surface area is 122 Å². The third-order valence-corrected chi connectivity index (χ3v) is 5.57. The summed E-state index contributed by atoms with van der Waals surface area (Å²) in [5.41, 5.74) is 3.47. The molecule has 0 unspecified atom stereocenters. The molecule has 3 heteroatoms. The Morgan fingerprint density at radius 1 is 1.15 bits per heavy atom. The Morgan fingerprint density at radius 2 is 1.90 bits per heavy atom. The van der Waals surface area contributed by atoms with Gasteiger partial charge in [-0.2, -0.15) is 0 Å². The van der Waals surface area contributed by atoms with E-state index < -0.39 is 0 Å². The van der Waals surface area contributed by atoms with Gasteiger partial charge in [-0.15, -0.1) is 0 Å². The smallest absolute Gasteiger partial charge is 0.112 e. The van der Waals surface area contributed by atoms with E-state index in [0.717, 1.165) is 25.0 Å². The summed E-state index contributed by atoms with van der Waals surface area (Å²) in [6.07, 6.45) is 9.34. The van der Waals surface area contributed by atoms with Crippen molar-refractivity contribution in [2.24, 2.45) is 5.41 Å². The van der Waals surface area contributed by atoms with Gasteiger partial charge < -0.3 is 9.88 Å². The molecule has 0 spiro atoms. The summed E-state index contributed by atoms with van der Waals surface area (Å²) < 4.78 is 2.70. The van der Waals surface area contributed by atoms with Gasteiger partial charge in [-0.3, -0.25) is 0 Å². The Kier molecular flexibility index (Phi) is 2.95. The lowest BCUT2D eigenvalue weighted by Crippen LogP contribution is -2.29. The van der Waals surface area contributed by atoms with Crippen molar-refractivity contribution in [1.29, 1.82) is 0 Å². The number of nitrogens with one attached hydrogen (secondary N) is 1. The van der Waals surface area contributed by atoms with Crippen LogP contribution in [0, 0.1) is 5.41 Å². The monoisotopic (exact) mass is 273 g/mol. The van der Waals surface area contributed by atoms with Gasteiger partial charge in [0.1, 0.15) is 5.82 Å². The Bertz CT molecular complexity index is 501. The molecule has 0 amide bonds. The van der Waals surface area contributed by atoms with Crippen LogP contribution in [0.15, 0.2) is 0 Å². The summed E-state index contributed by atoms with van der Waals surface area (Å²) in [4.78, 5) is 5.02. The van der Waals surface area contributed by atoms with Gasteiger partial charge >= 0.3 is 0 Å². The first-order valence-corrected chi connectivity index (χ1v) is 8.45. The Morgan fingerprint density at radius 3 is 2.60 bits per heavy atom. The molecule has 20 heavy (non-hydrogen) atoms. The second kappa shape index (κ2) is 4.59. The molecule has 2 fully saturated rings. The van der Waals surface area contributed by atoms with E-state index in [2.05, 4.69) is 23.7 Å². The normalized spacial score (nSPS) is 26.5. The molecule has 1 aliphatic heterocycles. The Balaban J connectivity index is 1.67. The van der Waals surface area contributed by atoms with E-state index in [0.29, 0.717) is 5.41 Å². The third-order valence-electron chi connectivity index (χ3n) is 5.57. The maximum Gasteiger partial charge on any atom is 0.112 e. The fourth-order valence-corrected chi connectivity index (χ4v) is 4.03. The number of fused-ring (bicyclic) bond motifs is 1. The van der Waals surface area contributed by atoms with Gasteiger partial charge in [0.25, 0.3) is 0 Å². The van der Waals surface area contributed by atoms with Crippen molar-refractivity contribution in [2.75, 3.05) is 6.54 Å². The molecule has 3 aliphatic rings. The van der Waals surface area contributed by atoms with Gasteiger partial charge in [-0.25, -0.2) is 4.98 Å². The molecule has 2 aliphatic carbocycles. The van der Waals surface area contributed by atoms with Crippen molar-refractivity contribution in [2.45, 2.75) is 77.3 Å². The molecule has 1 N–H and O–H groups in total.